The summed E-state index contributed by atoms with van der Waals surface area (Å²) in [5, 5.41) is 2.90. The maximum atomic E-state index is 12.4. The molecule has 0 spiro atoms. The van der Waals surface area contributed by atoms with Gasteiger partial charge in [-0.05, 0) is 39.8 Å². The monoisotopic (exact) mass is 453 g/mol. The number of hydrogen-bond acceptors (Lipinski definition) is 6. The molecule has 2 atom stereocenters. The highest BCUT2D eigenvalue weighted by Gasteiger charge is 2.49. The lowest BCUT2D eigenvalue weighted by atomic mass is 10.1. The zero-order valence-electron chi connectivity index (χ0n) is 17.5. The number of amidine groups is 1. The molecule has 30 heavy (non-hydrogen) atoms. The van der Waals surface area contributed by atoms with Gasteiger partial charge in [-0.3, -0.25) is 4.79 Å². The number of carbonyl (C=O) groups is 2. The molecule has 8 nitrogen and oxygen atoms in total. The van der Waals surface area contributed by atoms with Crippen molar-refractivity contribution < 1.29 is 22.7 Å². The molecule has 10 heteroatoms. The van der Waals surface area contributed by atoms with Gasteiger partial charge < -0.3 is 15.0 Å². The van der Waals surface area contributed by atoms with Gasteiger partial charge in [-0.25, -0.2) is 13.2 Å². The topological polar surface area (TPSA) is 105 Å². The number of sulfone groups is 1. The van der Waals surface area contributed by atoms with Gasteiger partial charge in [0.2, 0.25) is 5.91 Å². The number of amides is 2. The van der Waals surface area contributed by atoms with Gasteiger partial charge in [-0.15, -0.1) is 0 Å². The Kier molecular flexibility index (Phi) is 6.47. The van der Waals surface area contributed by atoms with Crippen LogP contribution in [0.1, 0.15) is 32.8 Å². The molecule has 164 valence electrons. The van der Waals surface area contributed by atoms with Crippen LogP contribution in [0.4, 0.5) is 10.5 Å². The van der Waals surface area contributed by atoms with Gasteiger partial charge >= 0.3 is 6.09 Å². The quantitative estimate of drug-likeness (QED) is 0.747. The molecule has 2 aliphatic heterocycles. The van der Waals surface area contributed by atoms with Crippen LogP contribution in [-0.2, 0) is 19.4 Å². The molecular formula is C20H27N3O5S2. The fraction of sp³-hybridized carbons (Fsp3) is 0.550. The second-order valence-corrected chi connectivity index (χ2v) is 11.8. The van der Waals surface area contributed by atoms with Crippen molar-refractivity contribution in [3.63, 3.8) is 0 Å². The summed E-state index contributed by atoms with van der Waals surface area (Å²) in [6.45, 7) is 7.37. The molecule has 3 rings (SSSR count). The zero-order valence-corrected chi connectivity index (χ0v) is 19.2. The second kappa shape index (κ2) is 8.58. The van der Waals surface area contributed by atoms with Crippen molar-refractivity contribution in [2.24, 2.45) is 4.99 Å². The molecule has 0 aliphatic carbocycles. The molecule has 2 heterocycles. The summed E-state index contributed by atoms with van der Waals surface area (Å²) in [5.41, 5.74) is 1.29. The number of rotatable bonds is 4. The Labute approximate surface area is 181 Å². The number of carbonyl (C=O) groups excluding carboxylic acids is 2. The molecule has 1 aromatic rings. The van der Waals surface area contributed by atoms with E-state index in [1.54, 1.807) is 20.8 Å². The molecule has 2 amide bonds. The fourth-order valence-corrected chi connectivity index (χ4v) is 7.25. The molecule has 2 fully saturated rings. The highest BCUT2D eigenvalue weighted by atomic mass is 32.2. The Morgan fingerprint density at radius 2 is 1.90 bits per heavy atom. The van der Waals surface area contributed by atoms with Crippen molar-refractivity contribution in [1.29, 1.82) is 0 Å². The van der Waals surface area contributed by atoms with Crippen molar-refractivity contribution in [2.75, 3.05) is 23.0 Å². The van der Waals surface area contributed by atoms with Crippen molar-refractivity contribution in [3.05, 3.63) is 29.8 Å². The van der Waals surface area contributed by atoms with E-state index in [1.807, 2.05) is 36.1 Å². The van der Waals surface area contributed by atoms with Crippen LogP contribution in [0.5, 0.6) is 0 Å². The van der Waals surface area contributed by atoms with Gasteiger partial charge in [0, 0.05) is 23.9 Å². The highest BCUT2D eigenvalue weighted by Crippen LogP contribution is 2.41. The number of hydrogen-bond donors (Lipinski definition) is 1. The molecule has 1 N–H and O–H groups in total. The predicted octanol–water partition coefficient (Wildman–Crippen LogP) is 2.51. The fourth-order valence-electron chi connectivity index (χ4n) is 3.32. The Hall–Kier alpha value is -2.07. The minimum absolute atomic E-state index is 0.0265. The van der Waals surface area contributed by atoms with E-state index >= 15 is 0 Å². The Balaban J connectivity index is 1.70. The number of aliphatic imine (C=N–C) groups is 1. The highest BCUT2D eigenvalue weighted by molar-refractivity contribution is 8.16. The Morgan fingerprint density at radius 3 is 2.53 bits per heavy atom. The summed E-state index contributed by atoms with van der Waals surface area (Å²) in [4.78, 5) is 30.2. The minimum atomic E-state index is -3.11. The third kappa shape index (κ3) is 5.75. The molecule has 0 unspecified atom stereocenters. The first-order valence-corrected chi connectivity index (χ1v) is 12.4. The molecule has 2 aliphatic rings. The second-order valence-electron chi connectivity index (χ2n) is 8.47. The number of aryl methyl sites for hydroxylation is 1. The van der Waals surface area contributed by atoms with E-state index in [9.17, 15) is 18.0 Å². The van der Waals surface area contributed by atoms with E-state index in [4.69, 9.17) is 4.74 Å². The van der Waals surface area contributed by atoms with Crippen molar-refractivity contribution in [3.8, 4) is 0 Å². The van der Waals surface area contributed by atoms with Gasteiger partial charge in [0.05, 0.1) is 17.5 Å². The van der Waals surface area contributed by atoms with Crippen LogP contribution in [0.15, 0.2) is 29.3 Å². The molecule has 0 aromatic heterocycles. The molecule has 0 radical (unpaired) electrons. The number of thioether (sulfide) groups is 1. The number of nitrogens with zero attached hydrogens (tertiary/aromatic N) is 2. The molecule has 2 saturated heterocycles. The SMILES string of the molecule is Cc1ccc(N2C(=NC(=O)CCNC(=O)OC(C)(C)C)S[C@H]3CS(=O)(=O)C[C@H]32)cc1. The van der Waals surface area contributed by atoms with Crippen molar-refractivity contribution in [2.45, 2.75) is 51.0 Å². The largest absolute Gasteiger partial charge is 0.444 e. The summed E-state index contributed by atoms with van der Waals surface area (Å²) in [5.74, 6) is -0.252. The van der Waals surface area contributed by atoms with E-state index in [2.05, 4.69) is 10.3 Å². The lowest BCUT2D eigenvalue weighted by Gasteiger charge is -2.24. The van der Waals surface area contributed by atoms with Crippen LogP contribution < -0.4 is 10.2 Å². The van der Waals surface area contributed by atoms with Gasteiger partial charge in [0.25, 0.3) is 0 Å². The van der Waals surface area contributed by atoms with Crippen LogP contribution in [0.3, 0.4) is 0 Å². The van der Waals surface area contributed by atoms with Crippen LogP contribution in [-0.4, -0.2) is 60.5 Å². The van der Waals surface area contributed by atoms with E-state index in [-0.39, 0.29) is 41.7 Å². The first-order chi connectivity index (χ1) is 13.9. The average molecular weight is 454 g/mol. The summed E-state index contributed by atoms with van der Waals surface area (Å²) >= 11 is 1.33. The first kappa shape index (κ1) is 22.6. The van der Waals surface area contributed by atoms with Gasteiger partial charge in [-0.2, -0.15) is 4.99 Å². The lowest BCUT2D eigenvalue weighted by molar-refractivity contribution is -0.117. The van der Waals surface area contributed by atoms with Crippen LogP contribution >= 0.6 is 11.8 Å². The Bertz CT molecular complexity index is 952. The minimum Gasteiger partial charge on any atom is -0.444 e. The number of fused-ring (bicyclic) bond motifs is 1. The molecule has 0 saturated carbocycles. The van der Waals surface area contributed by atoms with E-state index in [1.165, 1.54) is 11.8 Å². The van der Waals surface area contributed by atoms with E-state index < -0.39 is 21.5 Å². The summed E-state index contributed by atoms with van der Waals surface area (Å²) in [6, 6.07) is 7.47. The smallest absolute Gasteiger partial charge is 0.407 e. The third-order valence-corrected chi connectivity index (χ3v) is 7.82. The summed E-state index contributed by atoms with van der Waals surface area (Å²) in [6.07, 6.45) is -0.558. The number of ether oxygens (including phenoxy) is 1. The van der Waals surface area contributed by atoms with Crippen LogP contribution in [0.2, 0.25) is 0 Å². The van der Waals surface area contributed by atoms with E-state index in [0.29, 0.717) is 5.17 Å². The van der Waals surface area contributed by atoms with Gasteiger partial charge in [0.1, 0.15) is 5.60 Å². The molecular weight excluding hydrogens is 426 g/mol. The van der Waals surface area contributed by atoms with E-state index in [0.717, 1.165) is 11.3 Å². The van der Waals surface area contributed by atoms with Crippen molar-refractivity contribution >= 4 is 44.5 Å². The van der Waals surface area contributed by atoms with Crippen LogP contribution in [0.25, 0.3) is 0 Å². The van der Waals surface area contributed by atoms with Gasteiger partial charge in [-0.1, -0.05) is 29.5 Å². The number of alkyl carbamates (subject to hydrolysis) is 1. The number of anilines is 1. The van der Waals surface area contributed by atoms with Crippen molar-refractivity contribution in [1.82, 2.24) is 5.32 Å². The number of benzene rings is 1. The molecule has 1 aromatic carbocycles. The summed E-state index contributed by atoms with van der Waals surface area (Å²) < 4.78 is 29.4. The third-order valence-electron chi connectivity index (χ3n) is 4.61. The number of nitrogens with one attached hydrogen (secondary N) is 1. The molecule has 0 bridgehead atoms. The maximum Gasteiger partial charge on any atom is 0.407 e. The normalized spacial score (nSPS) is 24.0. The Morgan fingerprint density at radius 1 is 1.23 bits per heavy atom. The maximum absolute atomic E-state index is 12.4. The standard InChI is InChI=1S/C20H27N3O5S2/c1-13-5-7-14(8-6-13)23-15-11-30(26,27)12-16(15)29-18(23)22-17(24)9-10-21-19(25)28-20(2,3)4/h5-8,15-16H,9-12H2,1-4H3,(H,21,25)/t15-,16+/m1/s1. The lowest BCUT2D eigenvalue weighted by Crippen LogP contribution is -2.37. The average Bonchev–Trinajstić information content (AvgIpc) is 3.05. The summed E-state index contributed by atoms with van der Waals surface area (Å²) in [7, 11) is -3.11. The van der Waals surface area contributed by atoms with Gasteiger partial charge in [0.15, 0.2) is 15.0 Å². The zero-order chi connectivity index (χ0) is 22.1. The first-order valence-electron chi connectivity index (χ1n) is 9.75. The van der Waals surface area contributed by atoms with Crippen LogP contribution in [0, 0.1) is 6.92 Å². The predicted molar refractivity (Wildman–Crippen MR) is 119 cm³/mol.